The van der Waals surface area contributed by atoms with Crippen molar-refractivity contribution in [3.63, 3.8) is 0 Å². The topological polar surface area (TPSA) is 86.6 Å². The minimum atomic E-state index is -1.26. The number of fused-ring (bicyclic) bond motifs is 2. The third-order valence-corrected chi connectivity index (χ3v) is 4.03. The summed E-state index contributed by atoms with van der Waals surface area (Å²) in [5.41, 5.74) is 1.54. The molecule has 1 aromatic heterocycles. The lowest BCUT2D eigenvalue weighted by Gasteiger charge is -2.09. The van der Waals surface area contributed by atoms with Crippen LogP contribution in [0.3, 0.4) is 0 Å². The van der Waals surface area contributed by atoms with Gasteiger partial charge < -0.3 is 15.5 Å². The summed E-state index contributed by atoms with van der Waals surface area (Å²) in [6.45, 7) is 0. The van der Waals surface area contributed by atoms with E-state index in [0.29, 0.717) is 24.2 Å². The lowest BCUT2D eigenvalue weighted by atomic mass is 9.98. The second kappa shape index (κ2) is 6.49. The molecule has 1 saturated heterocycles. The van der Waals surface area contributed by atoms with Crippen LogP contribution < -0.4 is 5.32 Å². The second-order valence-electron chi connectivity index (χ2n) is 4.51. The van der Waals surface area contributed by atoms with Crippen molar-refractivity contribution in [2.75, 3.05) is 0 Å². The predicted octanol–water partition coefficient (Wildman–Crippen LogP) is 1.98. The number of carboxylic acid groups (broad SMARTS) is 2. The summed E-state index contributed by atoms with van der Waals surface area (Å²) < 4.78 is 0. The van der Waals surface area contributed by atoms with E-state index in [1.165, 1.54) is 17.7 Å². The predicted molar refractivity (Wildman–Crippen MR) is 76.7 cm³/mol. The van der Waals surface area contributed by atoms with Crippen molar-refractivity contribution in [3.05, 3.63) is 40.6 Å². The summed E-state index contributed by atoms with van der Waals surface area (Å²) in [6.07, 6.45) is 6.18. The van der Waals surface area contributed by atoms with E-state index in [4.69, 9.17) is 10.2 Å². The number of nitrogens with one attached hydrogen (secondary N) is 1. The number of hydrogen-bond donors (Lipinski definition) is 3. The third kappa shape index (κ3) is 3.79. The summed E-state index contributed by atoms with van der Waals surface area (Å²) in [6, 6.07) is 5.69. The van der Waals surface area contributed by atoms with E-state index in [0.717, 1.165) is 0 Å². The molecule has 6 heteroatoms. The lowest BCUT2D eigenvalue weighted by molar-refractivity contribution is -0.134. The minimum Gasteiger partial charge on any atom is -0.478 e. The highest BCUT2D eigenvalue weighted by Crippen LogP contribution is 2.35. The van der Waals surface area contributed by atoms with Crippen LogP contribution in [0.4, 0.5) is 0 Å². The Balaban J connectivity index is 0.000000163. The van der Waals surface area contributed by atoms with E-state index < -0.39 is 11.9 Å². The van der Waals surface area contributed by atoms with Crippen LogP contribution >= 0.6 is 11.3 Å². The number of carboxylic acids is 2. The quantitative estimate of drug-likeness (QED) is 0.742. The molecule has 2 unspecified atom stereocenters. The van der Waals surface area contributed by atoms with Crippen molar-refractivity contribution in [1.82, 2.24) is 5.32 Å². The van der Waals surface area contributed by atoms with Gasteiger partial charge in [-0.25, -0.2) is 9.59 Å². The largest absolute Gasteiger partial charge is 0.478 e. The standard InChI is InChI=1S/C10H11NS.C4H4O4/c1-2-10(12-5-1)8-6-7-3-4-9(8)11-7;5-3(6)1-2-4(7)8/h1-2,5-7,9,11H,3-4H2;1-2H,(H,5,6)(H,7,8)/b;2-1+. The van der Waals surface area contributed by atoms with Crippen molar-refractivity contribution >= 4 is 28.8 Å². The molecular formula is C14H15NO4S. The normalized spacial score (nSPS) is 23.3. The number of carbonyl (C=O) groups is 2. The molecule has 0 radical (unpaired) electrons. The van der Waals surface area contributed by atoms with Gasteiger partial charge in [0.2, 0.25) is 0 Å². The van der Waals surface area contributed by atoms with Gasteiger partial charge >= 0.3 is 11.9 Å². The fourth-order valence-corrected chi connectivity index (χ4v) is 3.13. The molecule has 0 aromatic carbocycles. The summed E-state index contributed by atoms with van der Waals surface area (Å²) in [4.78, 5) is 20.6. The Labute approximate surface area is 120 Å². The Morgan fingerprint density at radius 1 is 1.25 bits per heavy atom. The Morgan fingerprint density at radius 3 is 2.35 bits per heavy atom. The highest BCUT2D eigenvalue weighted by molar-refractivity contribution is 7.11. The summed E-state index contributed by atoms with van der Waals surface area (Å²) >= 11 is 1.85. The summed E-state index contributed by atoms with van der Waals surface area (Å²) in [5, 5.41) is 21.4. The zero-order valence-electron chi connectivity index (χ0n) is 10.7. The molecule has 1 aromatic rings. The first-order valence-electron chi connectivity index (χ1n) is 6.22. The zero-order valence-corrected chi connectivity index (χ0v) is 11.5. The van der Waals surface area contributed by atoms with Gasteiger partial charge in [0.1, 0.15) is 0 Å². The molecule has 2 bridgehead atoms. The van der Waals surface area contributed by atoms with Crippen LogP contribution in [0.1, 0.15) is 17.7 Å². The molecule has 1 fully saturated rings. The fourth-order valence-electron chi connectivity index (χ4n) is 2.32. The van der Waals surface area contributed by atoms with Gasteiger partial charge in [0, 0.05) is 29.1 Å². The maximum atomic E-state index is 9.55. The first-order chi connectivity index (χ1) is 9.56. The van der Waals surface area contributed by atoms with Crippen molar-refractivity contribution in [2.24, 2.45) is 0 Å². The average molecular weight is 293 g/mol. The van der Waals surface area contributed by atoms with Crippen LogP contribution in [-0.2, 0) is 9.59 Å². The minimum absolute atomic E-state index is 0.558. The zero-order chi connectivity index (χ0) is 14.5. The van der Waals surface area contributed by atoms with Gasteiger partial charge in [-0.05, 0) is 29.9 Å². The van der Waals surface area contributed by atoms with E-state index in [1.54, 1.807) is 5.57 Å². The SMILES string of the molecule is C1=C(c2cccs2)C2CCC1N2.O=C(O)/C=C/C(=O)O. The molecule has 0 saturated carbocycles. The molecule has 3 N–H and O–H groups in total. The highest BCUT2D eigenvalue weighted by atomic mass is 32.1. The van der Waals surface area contributed by atoms with E-state index in [-0.39, 0.29) is 0 Å². The van der Waals surface area contributed by atoms with Crippen molar-refractivity contribution in [2.45, 2.75) is 24.9 Å². The number of rotatable bonds is 3. The van der Waals surface area contributed by atoms with E-state index in [1.807, 2.05) is 11.3 Å². The molecule has 106 valence electrons. The van der Waals surface area contributed by atoms with Crippen LogP contribution in [-0.4, -0.2) is 34.2 Å². The van der Waals surface area contributed by atoms with Gasteiger partial charge in [0.05, 0.1) is 0 Å². The average Bonchev–Trinajstić information content (AvgIpc) is 3.13. The Bertz CT molecular complexity index is 532. The molecule has 2 aliphatic heterocycles. The van der Waals surface area contributed by atoms with Crippen molar-refractivity contribution < 1.29 is 19.8 Å². The summed E-state index contributed by atoms with van der Waals surface area (Å²) in [7, 11) is 0. The monoisotopic (exact) mass is 293 g/mol. The Hall–Kier alpha value is -1.92. The van der Waals surface area contributed by atoms with Crippen molar-refractivity contribution in [1.29, 1.82) is 0 Å². The molecule has 20 heavy (non-hydrogen) atoms. The van der Waals surface area contributed by atoms with Gasteiger partial charge in [-0.15, -0.1) is 11.3 Å². The molecule has 3 rings (SSSR count). The lowest BCUT2D eigenvalue weighted by Crippen LogP contribution is -2.20. The van der Waals surface area contributed by atoms with Gasteiger partial charge in [-0.2, -0.15) is 0 Å². The molecule has 5 nitrogen and oxygen atoms in total. The molecule has 0 amide bonds. The number of aliphatic carboxylic acids is 2. The van der Waals surface area contributed by atoms with E-state index in [2.05, 4.69) is 28.9 Å². The third-order valence-electron chi connectivity index (χ3n) is 3.11. The highest BCUT2D eigenvalue weighted by Gasteiger charge is 2.32. The molecule has 2 atom stereocenters. The Kier molecular flexibility index (Phi) is 4.70. The van der Waals surface area contributed by atoms with Crippen molar-refractivity contribution in [3.8, 4) is 0 Å². The summed E-state index contributed by atoms with van der Waals surface area (Å²) in [5.74, 6) is -2.51. The molecule has 0 spiro atoms. The van der Waals surface area contributed by atoms with E-state index in [9.17, 15) is 9.59 Å². The first kappa shape index (κ1) is 14.5. The maximum absolute atomic E-state index is 9.55. The van der Waals surface area contributed by atoms with Crippen LogP contribution in [0.25, 0.3) is 5.57 Å². The van der Waals surface area contributed by atoms with Gasteiger partial charge in [-0.3, -0.25) is 0 Å². The molecule has 3 heterocycles. The second-order valence-corrected chi connectivity index (χ2v) is 5.46. The first-order valence-corrected chi connectivity index (χ1v) is 7.10. The Morgan fingerprint density at radius 2 is 1.95 bits per heavy atom. The van der Waals surface area contributed by atoms with E-state index >= 15 is 0 Å². The van der Waals surface area contributed by atoms with Crippen LogP contribution in [0.5, 0.6) is 0 Å². The molecule has 0 aliphatic carbocycles. The fraction of sp³-hybridized carbons (Fsp3) is 0.286. The number of hydrogen-bond acceptors (Lipinski definition) is 4. The van der Waals surface area contributed by atoms with Gasteiger partial charge in [0.15, 0.2) is 0 Å². The smallest absolute Gasteiger partial charge is 0.328 e. The van der Waals surface area contributed by atoms with Crippen LogP contribution in [0, 0.1) is 0 Å². The van der Waals surface area contributed by atoms with Gasteiger partial charge in [0.25, 0.3) is 0 Å². The molecule has 2 aliphatic rings. The molecular weight excluding hydrogens is 278 g/mol. The maximum Gasteiger partial charge on any atom is 0.328 e. The van der Waals surface area contributed by atoms with Gasteiger partial charge in [-0.1, -0.05) is 12.1 Å². The van der Waals surface area contributed by atoms with Crippen LogP contribution in [0.15, 0.2) is 35.7 Å². The van der Waals surface area contributed by atoms with Crippen LogP contribution in [0.2, 0.25) is 0 Å². The number of thiophene rings is 1.